The number of carbonyl (C=O) groups excluding carboxylic acids is 2. The average molecular weight is 481 g/mol. The molecule has 0 radical (unpaired) electrons. The van der Waals surface area contributed by atoms with Gasteiger partial charge in [0, 0.05) is 23.0 Å². The van der Waals surface area contributed by atoms with Gasteiger partial charge in [-0.05, 0) is 74.7 Å². The summed E-state index contributed by atoms with van der Waals surface area (Å²) in [5, 5.41) is 10.7. The number of fused-ring (bicyclic) bond motifs is 3. The molecule has 3 fully saturated rings. The Labute approximate surface area is 211 Å². The van der Waals surface area contributed by atoms with Gasteiger partial charge in [-0.3, -0.25) is 4.79 Å². The van der Waals surface area contributed by atoms with E-state index in [0.29, 0.717) is 29.6 Å². The summed E-state index contributed by atoms with van der Waals surface area (Å²) >= 11 is 0. The molecule has 3 aliphatic rings. The summed E-state index contributed by atoms with van der Waals surface area (Å²) in [4.78, 5) is 24.9. The number of hydrogen-bond acceptors (Lipinski definition) is 4. The molecule has 0 aromatic rings. The van der Waals surface area contributed by atoms with Crippen molar-refractivity contribution in [3.63, 3.8) is 0 Å². The molecule has 35 heavy (non-hydrogen) atoms. The summed E-state index contributed by atoms with van der Waals surface area (Å²) in [5.41, 5.74) is 3.53. The minimum absolute atomic E-state index is 0.0776. The summed E-state index contributed by atoms with van der Waals surface area (Å²) in [5.74, 6) is 0.738. The first-order chi connectivity index (χ1) is 16.3. The van der Waals surface area contributed by atoms with Crippen LogP contribution in [0.2, 0.25) is 0 Å². The van der Waals surface area contributed by atoms with Crippen molar-refractivity contribution in [2.24, 2.45) is 28.1 Å². The monoisotopic (exact) mass is 480 g/mol. The second-order valence-corrected chi connectivity index (χ2v) is 12.1. The minimum Gasteiger partial charge on any atom is -0.466 e. The maximum absolute atomic E-state index is 13.4. The van der Waals surface area contributed by atoms with E-state index in [4.69, 9.17) is 4.74 Å². The number of allylic oxidation sites excluding steroid dienone is 9. The number of esters is 1. The Balaban J connectivity index is 1.83. The third-order valence-corrected chi connectivity index (χ3v) is 9.58. The van der Waals surface area contributed by atoms with E-state index in [-0.39, 0.29) is 28.3 Å². The predicted octanol–water partition coefficient (Wildman–Crippen LogP) is 6.67. The average Bonchev–Trinajstić information content (AvgIpc) is 3.07. The van der Waals surface area contributed by atoms with Crippen LogP contribution in [-0.4, -0.2) is 30.1 Å². The van der Waals surface area contributed by atoms with Gasteiger partial charge in [0.2, 0.25) is 0 Å². The molecule has 5 atom stereocenters. The van der Waals surface area contributed by atoms with Gasteiger partial charge in [-0.2, -0.15) is 0 Å². The molecule has 3 aliphatic carbocycles. The van der Waals surface area contributed by atoms with Crippen LogP contribution in [0.1, 0.15) is 80.6 Å². The number of hydrogen-bond donors (Lipinski definition) is 1. The molecule has 0 aromatic carbocycles. The van der Waals surface area contributed by atoms with E-state index >= 15 is 0 Å². The van der Waals surface area contributed by atoms with Gasteiger partial charge in [0.1, 0.15) is 0 Å². The number of Topliss-reactive ketones (excluding diaryl/α,β-unsaturated/α-hetero) is 1. The highest BCUT2D eigenvalue weighted by Gasteiger charge is 2.64. The maximum atomic E-state index is 13.4. The summed E-state index contributed by atoms with van der Waals surface area (Å²) < 4.78 is 4.70. The molecule has 3 saturated carbocycles. The quantitative estimate of drug-likeness (QED) is 0.271. The minimum atomic E-state index is -0.331. The lowest BCUT2D eigenvalue weighted by Crippen LogP contribution is -2.57. The number of aliphatic hydroxyl groups excluding tert-OH is 1. The zero-order chi connectivity index (χ0) is 26.2. The molecule has 0 amide bonds. The topological polar surface area (TPSA) is 63.6 Å². The van der Waals surface area contributed by atoms with E-state index in [1.54, 1.807) is 13.0 Å². The van der Waals surface area contributed by atoms with Gasteiger partial charge in [0.25, 0.3) is 0 Å². The fraction of sp³-hybridized carbons (Fsp3) is 0.613. The summed E-state index contributed by atoms with van der Waals surface area (Å²) in [7, 11) is 1.38. The van der Waals surface area contributed by atoms with Crippen LogP contribution in [0, 0.1) is 28.1 Å². The molecule has 3 rings (SSSR count). The highest BCUT2D eigenvalue weighted by atomic mass is 16.5. The van der Waals surface area contributed by atoms with Crippen molar-refractivity contribution in [3.05, 3.63) is 58.7 Å². The molecule has 0 aliphatic heterocycles. The molecular weight excluding hydrogens is 436 g/mol. The van der Waals surface area contributed by atoms with E-state index in [1.165, 1.54) is 7.11 Å². The lowest BCUT2D eigenvalue weighted by atomic mass is 9.43. The van der Waals surface area contributed by atoms with Crippen molar-refractivity contribution in [2.45, 2.75) is 86.7 Å². The van der Waals surface area contributed by atoms with Crippen molar-refractivity contribution in [1.82, 2.24) is 0 Å². The Kier molecular flexibility index (Phi) is 7.86. The van der Waals surface area contributed by atoms with Crippen LogP contribution in [0.4, 0.5) is 0 Å². The number of methoxy groups -OCH3 is 1. The number of carbonyl (C=O) groups is 2. The van der Waals surface area contributed by atoms with Gasteiger partial charge in [-0.25, -0.2) is 4.79 Å². The van der Waals surface area contributed by atoms with Crippen LogP contribution < -0.4 is 0 Å². The molecule has 4 nitrogen and oxygen atoms in total. The van der Waals surface area contributed by atoms with Crippen LogP contribution in [0.25, 0.3) is 0 Å². The van der Waals surface area contributed by atoms with Gasteiger partial charge in [-0.1, -0.05) is 69.7 Å². The second kappa shape index (κ2) is 10.0. The molecule has 0 aromatic heterocycles. The highest BCUT2D eigenvalue weighted by Crippen LogP contribution is 2.69. The fourth-order valence-electron chi connectivity index (χ4n) is 7.63. The fourth-order valence-corrected chi connectivity index (χ4v) is 7.63. The zero-order valence-electron chi connectivity index (χ0n) is 22.9. The predicted molar refractivity (Wildman–Crippen MR) is 142 cm³/mol. The lowest BCUT2D eigenvalue weighted by molar-refractivity contribution is -0.157. The van der Waals surface area contributed by atoms with Gasteiger partial charge >= 0.3 is 5.97 Å². The van der Waals surface area contributed by atoms with E-state index < -0.39 is 0 Å². The van der Waals surface area contributed by atoms with E-state index in [1.807, 2.05) is 31.2 Å². The van der Waals surface area contributed by atoms with E-state index in [9.17, 15) is 14.7 Å². The van der Waals surface area contributed by atoms with Crippen LogP contribution >= 0.6 is 0 Å². The van der Waals surface area contributed by atoms with Crippen molar-refractivity contribution in [1.29, 1.82) is 0 Å². The van der Waals surface area contributed by atoms with E-state index in [2.05, 4.69) is 40.7 Å². The van der Waals surface area contributed by atoms with Crippen molar-refractivity contribution < 1.29 is 19.4 Å². The summed E-state index contributed by atoms with van der Waals surface area (Å²) in [6.45, 7) is 14.9. The Morgan fingerprint density at radius 2 is 1.63 bits per heavy atom. The Morgan fingerprint density at radius 3 is 2.29 bits per heavy atom. The van der Waals surface area contributed by atoms with E-state index in [0.717, 1.165) is 42.4 Å². The third kappa shape index (κ3) is 4.91. The van der Waals surface area contributed by atoms with Crippen LogP contribution in [-0.2, 0) is 14.3 Å². The smallest absolute Gasteiger partial charge is 0.333 e. The molecule has 0 bridgehead atoms. The first kappa shape index (κ1) is 27.4. The first-order valence-electron chi connectivity index (χ1n) is 13.0. The molecular formula is C31H44O4. The molecule has 0 unspecified atom stereocenters. The number of ketones is 1. The largest absolute Gasteiger partial charge is 0.466 e. The van der Waals surface area contributed by atoms with Crippen molar-refractivity contribution >= 4 is 11.8 Å². The Hall–Kier alpha value is -2.20. The van der Waals surface area contributed by atoms with Crippen LogP contribution in [0.5, 0.6) is 0 Å². The number of aliphatic hydroxyl groups is 1. The molecule has 4 heteroatoms. The Bertz CT molecular complexity index is 1020. The standard InChI is InChI=1S/C31H44O4/c1-20(12-10-14-22(3)28(34)35-8)11-9-13-21(2)27-23(32)19-25-30(6)18-16-26(33)29(4,5)24(30)15-17-31(25,27)7/h9-14,24-26,33H,15-19H2,1-8H3/b12-10+,13-9+,20-11+,22-14+,27-21-/t24-,25-,26-,30-,31-/m0/s1. The van der Waals surface area contributed by atoms with Crippen LogP contribution in [0.15, 0.2) is 58.7 Å². The second-order valence-electron chi connectivity index (χ2n) is 12.1. The SMILES string of the molecule is COC(=O)/C(C)=C/C=C/C(C)=C/C=C/C(C)=C1/C(=O)C[C@H]2[C@@]3(C)CC[C@H](O)C(C)(C)[C@@H]3CC[C@]12C. The van der Waals surface area contributed by atoms with Gasteiger partial charge in [0.05, 0.1) is 13.2 Å². The lowest BCUT2D eigenvalue weighted by Gasteiger charge is -2.62. The number of ether oxygens (including phenoxy) is 1. The molecule has 0 spiro atoms. The molecule has 1 N–H and O–H groups in total. The van der Waals surface area contributed by atoms with Gasteiger partial charge < -0.3 is 9.84 Å². The van der Waals surface area contributed by atoms with Gasteiger partial charge in [-0.15, -0.1) is 0 Å². The van der Waals surface area contributed by atoms with Crippen molar-refractivity contribution in [3.8, 4) is 0 Å². The Morgan fingerprint density at radius 1 is 0.971 bits per heavy atom. The molecule has 0 heterocycles. The van der Waals surface area contributed by atoms with Gasteiger partial charge in [0.15, 0.2) is 5.78 Å². The highest BCUT2D eigenvalue weighted by molar-refractivity contribution is 6.00. The summed E-state index contributed by atoms with van der Waals surface area (Å²) in [6.07, 6.45) is 15.9. The maximum Gasteiger partial charge on any atom is 0.333 e. The van der Waals surface area contributed by atoms with Crippen LogP contribution in [0.3, 0.4) is 0 Å². The third-order valence-electron chi connectivity index (χ3n) is 9.58. The molecule has 192 valence electrons. The normalized spacial score (nSPS) is 36.9. The number of rotatable bonds is 5. The zero-order valence-corrected chi connectivity index (χ0v) is 22.9. The first-order valence-corrected chi connectivity index (χ1v) is 13.0. The molecule has 0 saturated heterocycles. The summed E-state index contributed by atoms with van der Waals surface area (Å²) in [6, 6.07) is 0. The van der Waals surface area contributed by atoms with Crippen molar-refractivity contribution in [2.75, 3.05) is 7.11 Å².